The van der Waals surface area contributed by atoms with Gasteiger partial charge < -0.3 is 0 Å². The molecule has 5 nitrogen and oxygen atoms in total. The van der Waals surface area contributed by atoms with Crippen molar-refractivity contribution in [1.29, 1.82) is 0 Å². The van der Waals surface area contributed by atoms with E-state index >= 15 is 0 Å². The molecule has 3 aromatic heterocycles. The Morgan fingerprint density at radius 3 is 2.46 bits per heavy atom. The molecule has 1 aliphatic rings. The number of aromatic nitrogens is 4. The second kappa shape index (κ2) is 8.13. The zero-order valence-corrected chi connectivity index (χ0v) is 16.8. The monoisotopic (exact) mass is 376 g/mol. The molecular formula is C23H28N4O. The lowest BCUT2D eigenvalue weighted by Crippen LogP contribution is -2.23. The SMILES string of the molecule is CC(C)n1nc(-c2c(C=C3CCCCCCC3)nn3ccccc23)ccc1=O. The Morgan fingerprint density at radius 1 is 0.964 bits per heavy atom. The van der Waals surface area contributed by atoms with Crippen LogP contribution < -0.4 is 5.56 Å². The highest BCUT2D eigenvalue weighted by Crippen LogP contribution is 2.31. The predicted molar refractivity (Wildman–Crippen MR) is 113 cm³/mol. The number of rotatable bonds is 3. The zero-order valence-electron chi connectivity index (χ0n) is 16.8. The van der Waals surface area contributed by atoms with Gasteiger partial charge in [-0.3, -0.25) is 4.79 Å². The molecule has 0 saturated heterocycles. The van der Waals surface area contributed by atoms with Gasteiger partial charge in [0.2, 0.25) is 0 Å². The van der Waals surface area contributed by atoms with Gasteiger partial charge in [-0.05, 0) is 63.8 Å². The zero-order chi connectivity index (χ0) is 19.5. The minimum atomic E-state index is -0.0739. The highest BCUT2D eigenvalue weighted by atomic mass is 16.1. The van der Waals surface area contributed by atoms with Crippen LogP contribution in [0.15, 0.2) is 46.9 Å². The minimum absolute atomic E-state index is 0.0155. The van der Waals surface area contributed by atoms with Crippen LogP contribution in [-0.4, -0.2) is 19.4 Å². The summed E-state index contributed by atoms with van der Waals surface area (Å²) in [5.74, 6) is 0. The maximum atomic E-state index is 12.2. The van der Waals surface area contributed by atoms with Crippen LogP contribution in [0.25, 0.3) is 22.9 Å². The molecule has 3 aromatic rings. The lowest BCUT2D eigenvalue weighted by Gasteiger charge is -2.12. The molecule has 0 unspecified atom stereocenters. The van der Waals surface area contributed by atoms with Crippen LogP contribution >= 0.6 is 0 Å². The first kappa shape index (κ1) is 18.7. The Bertz CT molecular complexity index is 1050. The highest BCUT2D eigenvalue weighted by Gasteiger charge is 2.17. The Kier molecular flexibility index (Phi) is 5.42. The third-order valence-corrected chi connectivity index (χ3v) is 5.47. The molecule has 1 saturated carbocycles. The van der Waals surface area contributed by atoms with Crippen molar-refractivity contribution in [1.82, 2.24) is 19.4 Å². The Labute approximate surface area is 165 Å². The molecule has 0 N–H and O–H groups in total. The lowest BCUT2D eigenvalue weighted by molar-refractivity contribution is 0.505. The third kappa shape index (κ3) is 3.79. The molecule has 0 bridgehead atoms. The van der Waals surface area contributed by atoms with Gasteiger partial charge in [0.05, 0.1) is 28.5 Å². The van der Waals surface area contributed by atoms with Gasteiger partial charge in [0.15, 0.2) is 0 Å². The number of hydrogen-bond donors (Lipinski definition) is 0. The fraction of sp³-hybridized carbons (Fsp3) is 0.435. The van der Waals surface area contributed by atoms with E-state index < -0.39 is 0 Å². The molecule has 5 heteroatoms. The van der Waals surface area contributed by atoms with Gasteiger partial charge in [-0.1, -0.05) is 30.9 Å². The molecule has 1 fully saturated rings. The van der Waals surface area contributed by atoms with Crippen LogP contribution in [0.5, 0.6) is 0 Å². The summed E-state index contributed by atoms with van der Waals surface area (Å²) < 4.78 is 3.46. The fourth-order valence-corrected chi connectivity index (χ4v) is 4.01. The lowest BCUT2D eigenvalue weighted by atomic mass is 9.95. The second-order valence-corrected chi connectivity index (χ2v) is 7.96. The van der Waals surface area contributed by atoms with Crippen LogP contribution in [-0.2, 0) is 0 Å². The standard InChI is InChI=1S/C23H28N4O/c1-17(2)27-22(28)14-13-19(25-27)23-20(24-26-15-9-8-12-21(23)26)16-18-10-6-4-3-5-7-11-18/h8-9,12-17H,3-7,10-11H2,1-2H3. The first-order chi connectivity index (χ1) is 13.6. The summed E-state index contributed by atoms with van der Waals surface area (Å²) in [7, 11) is 0. The maximum absolute atomic E-state index is 12.2. The number of fused-ring (bicyclic) bond motifs is 1. The topological polar surface area (TPSA) is 52.2 Å². The summed E-state index contributed by atoms with van der Waals surface area (Å²) in [5.41, 5.74) is 5.17. The Hall–Kier alpha value is -2.69. The van der Waals surface area contributed by atoms with Gasteiger partial charge >= 0.3 is 0 Å². The van der Waals surface area contributed by atoms with E-state index in [1.165, 1.54) is 37.7 Å². The van der Waals surface area contributed by atoms with Crippen molar-refractivity contribution in [3.05, 3.63) is 58.1 Å². The van der Waals surface area contributed by atoms with E-state index in [-0.39, 0.29) is 11.6 Å². The van der Waals surface area contributed by atoms with Crippen molar-refractivity contribution in [3.63, 3.8) is 0 Å². The summed E-state index contributed by atoms with van der Waals surface area (Å²) in [6.07, 6.45) is 13.0. The Balaban J connectivity index is 1.86. The minimum Gasteiger partial charge on any atom is -0.268 e. The fourth-order valence-electron chi connectivity index (χ4n) is 4.01. The average molecular weight is 377 g/mol. The number of hydrogen-bond acceptors (Lipinski definition) is 3. The smallest absolute Gasteiger partial charge is 0.267 e. The van der Waals surface area contributed by atoms with Gasteiger partial charge in [0.25, 0.3) is 5.56 Å². The Morgan fingerprint density at radius 2 is 1.71 bits per heavy atom. The number of nitrogens with zero attached hydrogens (tertiary/aromatic N) is 4. The van der Waals surface area contributed by atoms with Gasteiger partial charge in [0, 0.05) is 12.3 Å². The van der Waals surface area contributed by atoms with Crippen LogP contribution in [0.3, 0.4) is 0 Å². The van der Waals surface area contributed by atoms with Crippen molar-refractivity contribution in [3.8, 4) is 11.3 Å². The summed E-state index contributed by atoms with van der Waals surface area (Å²) in [6.45, 7) is 3.96. The van der Waals surface area contributed by atoms with Crippen LogP contribution in [0.2, 0.25) is 0 Å². The van der Waals surface area contributed by atoms with E-state index in [2.05, 4.69) is 17.2 Å². The van der Waals surface area contributed by atoms with Crippen LogP contribution in [0.1, 0.15) is 70.5 Å². The van der Waals surface area contributed by atoms with Crippen molar-refractivity contribution in [2.24, 2.45) is 0 Å². The molecule has 1 aliphatic carbocycles. The van der Waals surface area contributed by atoms with Crippen LogP contribution in [0.4, 0.5) is 0 Å². The molecule has 4 rings (SSSR count). The molecule has 28 heavy (non-hydrogen) atoms. The molecule has 3 heterocycles. The van der Waals surface area contributed by atoms with Gasteiger partial charge in [-0.25, -0.2) is 9.20 Å². The van der Waals surface area contributed by atoms with Gasteiger partial charge in [0.1, 0.15) is 0 Å². The predicted octanol–water partition coefficient (Wildman–Crippen LogP) is 5.27. The first-order valence-electron chi connectivity index (χ1n) is 10.4. The molecule has 0 radical (unpaired) electrons. The van der Waals surface area contributed by atoms with Crippen molar-refractivity contribution >= 4 is 11.6 Å². The second-order valence-electron chi connectivity index (χ2n) is 7.96. The first-order valence-corrected chi connectivity index (χ1v) is 10.4. The third-order valence-electron chi connectivity index (χ3n) is 5.47. The van der Waals surface area contributed by atoms with Gasteiger partial charge in [-0.15, -0.1) is 0 Å². The molecule has 0 aliphatic heterocycles. The quantitative estimate of drug-likeness (QED) is 0.626. The molecular weight excluding hydrogens is 348 g/mol. The molecule has 0 amide bonds. The number of pyridine rings is 1. The van der Waals surface area contributed by atoms with E-state index in [1.54, 1.807) is 10.7 Å². The summed E-state index contributed by atoms with van der Waals surface area (Å²) in [4.78, 5) is 12.2. The molecule has 146 valence electrons. The summed E-state index contributed by atoms with van der Waals surface area (Å²) in [5, 5.41) is 9.52. The molecule has 0 aromatic carbocycles. The van der Waals surface area contributed by atoms with Crippen LogP contribution in [0, 0.1) is 0 Å². The summed E-state index contributed by atoms with van der Waals surface area (Å²) >= 11 is 0. The average Bonchev–Trinajstić information content (AvgIpc) is 3.02. The van der Waals surface area contributed by atoms with Crippen molar-refractivity contribution in [2.45, 2.75) is 64.8 Å². The van der Waals surface area contributed by atoms with E-state index in [0.717, 1.165) is 35.3 Å². The van der Waals surface area contributed by atoms with E-state index in [4.69, 9.17) is 5.10 Å². The largest absolute Gasteiger partial charge is 0.268 e. The molecule has 0 atom stereocenters. The van der Waals surface area contributed by atoms with Gasteiger partial charge in [-0.2, -0.15) is 10.2 Å². The maximum Gasteiger partial charge on any atom is 0.267 e. The summed E-state index contributed by atoms with van der Waals surface area (Å²) in [6, 6.07) is 9.52. The van der Waals surface area contributed by atoms with Crippen molar-refractivity contribution < 1.29 is 0 Å². The number of allylic oxidation sites excluding steroid dienone is 1. The normalized spacial score (nSPS) is 15.6. The highest BCUT2D eigenvalue weighted by molar-refractivity contribution is 5.85. The van der Waals surface area contributed by atoms with E-state index in [9.17, 15) is 4.79 Å². The van der Waals surface area contributed by atoms with E-state index in [1.807, 2.05) is 42.8 Å². The van der Waals surface area contributed by atoms with E-state index in [0.29, 0.717) is 0 Å². The van der Waals surface area contributed by atoms with Crippen molar-refractivity contribution in [2.75, 3.05) is 0 Å². The molecule has 0 spiro atoms.